The largest absolute Gasteiger partial charge is 0.414 e. The Hall–Kier alpha value is -0.930. The summed E-state index contributed by atoms with van der Waals surface area (Å²) in [5, 5.41) is 0.597. The van der Waals surface area contributed by atoms with E-state index >= 15 is 0 Å². The molecule has 1 rings (SSSR count). The molecule has 5 heteroatoms. The average molecular weight is 234 g/mol. The van der Waals surface area contributed by atoms with Crippen molar-refractivity contribution >= 4 is 29.3 Å². The van der Waals surface area contributed by atoms with Gasteiger partial charge in [0.05, 0.1) is 5.02 Å². The summed E-state index contributed by atoms with van der Waals surface area (Å²) >= 11 is 11.6. The second-order valence-electron chi connectivity index (χ2n) is 2.81. The molecule has 14 heavy (non-hydrogen) atoms. The summed E-state index contributed by atoms with van der Waals surface area (Å²) in [6, 6.07) is 4.86. The van der Waals surface area contributed by atoms with Crippen LogP contribution in [0.4, 0.5) is 4.79 Å². The highest BCUT2D eigenvalue weighted by molar-refractivity contribution is 6.43. The Morgan fingerprint density at radius 1 is 1.36 bits per heavy atom. The highest BCUT2D eigenvalue weighted by Crippen LogP contribution is 2.31. The van der Waals surface area contributed by atoms with Gasteiger partial charge < -0.3 is 9.64 Å². The number of carbonyl (C=O) groups excluding carboxylic acids is 1. The Morgan fingerprint density at radius 2 is 2.00 bits per heavy atom. The van der Waals surface area contributed by atoms with E-state index in [-0.39, 0.29) is 10.8 Å². The first-order valence-corrected chi connectivity index (χ1v) is 4.61. The van der Waals surface area contributed by atoms with Crippen LogP contribution in [0, 0.1) is 0 Å². The molecule has 0 radical (unpaired) electrons. The first-order valence-electron chi connectivity index (χ1n) is 3.85. The molecule has 0 aliphatic carbocycles. The molecule has 0 aliphatic rings. The summed E-state index contributed by atoms with van der Waals surface area (Å²) < 4.78 is 4.96. The highest BCUT2D eigenvalue weighted by atomic mass is 35.5. The molecule has 0 heterocycles. The Bertz CT molecular complexity index is 353. The van der Waals surface area contributed by atoms with Crippen LogP contribution in [0.15, 0.2) is 18.2 Å². The van der Waals surface area contributed by atoms with Crippen LogP contribution >= 0.6 is 23.2 Å². The molecule has 1 aromatic rings. The normalized spacial score (nSPS) is 9.71. The second-order valence-corrected chi connectivity index (χ2v) is 3.60. The van der Waals surface area contributed by atoms with Crippen molar-refractivity contribution in [1.82, 2.24) is 4.90 Å². The van der Waals surface area contributed by atoms with Gasteiger partial charge in [-0.3, -0.25) is 0 Å². The first-order chi connectivity index (χ1) is 6.52. The second kappa shape index (κ2) is 4.53. The van der Waals surface area contributed by atoms with Crippen LogP contribution in [0.3, 0.4) is 0 Å². The fraction of sp³-hybridized carbons (Fsp3) is 0.222. The third-order valence-corrected chi connectivity index (χ3v) is 2.28. The zero-order valence-corrected chi connectivity index (χ0v) is 9.26. The van der Waals surface area contributed by atoms with Gasteiger partial charge in [0.25, 0.3) is 0 Å². The standard InChI is InChI=1S/C9H9Cl2NO2/c1-12(2)9(13)14-7-5-3-4-6(10)8(7)11/h3-5H,1-2H3. The average Bonchev–Trinajstić information content (AvgIpc) is 2.12. The van der Waals surface area contributed by atoms with Gasteiger partial charge in [0.1, 0.15) is 5.02 Å². The molecule has 0 bridgehead atoms. The van der Waals surface area contributed by atoms with Gasteiger partial charge in [-0.25, -0.2) is 4.79 Å². The summed E-state index contributed by atoms with van der Waals surface area (Å²) in [6.07, 6.45) is -0.492. The number of amides is 1. The van der Waals surface area contributed by atoms with Gasteiger partial charge in [-0.2, -0.15) is 0 Å². The smallest absolute Gasteiger partial charge is 0.409 e. The highest BCUT2D eigenvalue weighted by Gasteiger charge is 2.11. The van der Waals surface area contributed by atoms with Crippen molar-refractivity contribution in [3.8, 4) is 5.75 Å². The Balaban J connectivity index is 2.87. The zero-order valence-electron chi connectivity index (χ0n) is 7.75. The maximum Gasteiger partial charge on any atom is 0.414 e. The molecule has 0 atom stereocenters. The lowest BCUT2D eigenvalue weighted by Crippen LogP contribution is -2.25. The molecular formula is C9H9Cl2NO2. The topological polar surface area (TPSA) is 29.5 Å². The van der Waals surface area contributed by atoms with E-state index in [4.69, 9.17) is 27.9 Å². The maximum absolute atomic E-state index is 11.2. The number of carbonyl (C=O) groups is 1. The summed E-state index contributed by atoms with van der Waals surface area (Å²) in [6.45, 7) is 0. The Kier molecular flexibility index (Phi) is 3.61. The van der Waals surface area contributed by atoms with Crippen molar-refractivity contribution in [1.29, 1.82) is 0 Å². The van der Waals surface area contributed by atoms with Crippen LogP contribution in [-0.4, -0.2) is 25.1 Å². The van der Waals surface area contributed by atoms with Gasteiger partial charge in [-0.1, -0.05) is 29.3 Å². The molecule has 0 fully saturated rings. The summed E-state index contributed by atoms with van der Waals surface area (Å²) in [5.41, 5.74) is 0. The first kappa shape index (κ1) is 11.1. The van der Waals surface area contributed by atoms with Crippen molar-refractivity contribution in [3.05, 3.63) is 28.2 Å². The number of hydrogen-bond acceptors (Lipinski definition) is 2. The number of benzene rings is 1. The monoisotopic (exact) mass is 233 g/mol. The van der Waals surface area contributed by atoms with Crippen molar-refractivity contribution in [2.45, 2.75) is 0 Å². The van der Waals surface area contributed by atoms with Gasteiger partial charge in [0.15, 0.2) is 5.75 Å². The molecule has 76 valence electrons. The summed E-state index contributed by atoms with van der Waals surface area (Å²) in [5.74, 6) is 0.262. The minimum absolute atomic E-state index is 0.240. The molecule has 1 aromatic carbocycles. The van der Waals surface area contributed by atoms with E-state index in [1.165, 1.54) is 4.90 Å². The number of rotatable bonds is 1. The van der Waals surface area contributed by atoms with E-state index in [1.807, 2.05) is 0 Å². The Morgan fingerprint density at radius 3 is 2.57 bits per heavy atom. The van der Waals surface area contributed by atoms with Gasteiger partial charge >= 0.3 is 6.09 Å². The predicted octanol–water partition coefficient (Wildman–Crippen LogP) is 3.05. The fourth-order valence-electron chi connectivity index (χ4n) is 0.748. The minimum atomic E-state index is -0.492. The van der Waals surface area contributed by atoms with Crippen LogP contribution < -0.4 is 4.74 Å². The van der Waals surface area contributed by atoms with Crippen molar-refractivity contribution in [2.75, 3.05) is 14.1 Å². The molecule has 1 amide bonds. The minimum Gasteiger partial charge on any atom is -0.409 e. The number of hydrogen-bond donors (Lipinski definition) is 0. The van der Waals surface area contributed by atoms with E-state index in [0.29, 0.717) is 5.02 Å². The van der Waals surface area contributed by atoms with Crippen molar-refractivity contribution in [3.63, 3.8) is 0 Å². The molecule has 0 N–H and O–H groups in total. The van der Waals surface area contributed by atoms with E-state index in [2.05, 4.69) is 0 Å². The van der Waals surface area contributed by atoms with Crippen LogP contribution in [-0.2, 0) is 0 Å². The number of halogens is 2. The van der Waals surface area contributed by atoms with Gasteiger partial charge in [0, 0.05) is 14.1 Å². The third-order valence-electron chi connectivity index (χ3n) is 1.48. The fourth-order valence-corrected chi connectivity index (χ4v) is 1.08. The number of nitrogens with zero attached hydrogens (tertiary/aromatic N) is 1. The van der Waals surface area contributed by atoms with Gasteiger partial charge in [0.2, 0.25) is 0 Å². The lowest BCUT2D eigenvalue weighted by Gasteiger charge is -2.11. The van der Waals surface area contributed by atoms with Crippen LogP contribution in [0.25, 0.3) is 0 Å². The van der Waals surface area contributed by atoms with Crippen LogP contribution in [0.5, 0.6) is 5.75 Å². The van der Waals surface area contributed by atoms with E-state index in [0.717, 1.165) is 0 Å². The van der Waals surface area contributed by atoms with E-state index in [9.17, 15) is 4.79 Å². The lowest BCUT2D eigenvalue weighted by atomic mass is 10.3. The van der Waals surface area contributed by atoms with Crippen LogP contribution in [0.1, 0.15) is 0 Å². The predicted molar refractivity (Wildman–Crippen MR) is 56.2 cm³/mol. The Labute approximate surface area is 92.2 Å². The van der Waals surface area contributed by atoms with Gasteiger partial charge in [-0.05, 0) is 12.1 Å². The van der Waals surface area contributed by atoms with E-state index in [1.54, 1.807) is 32.3 Å². The van der Waals surface area contributed by atoms with Gasteiger partial charge in [-0.15, -0.1) is 0 Å². The number of ether oxygens (including phenoxy) is 1. The molecule has 0 saturated carbocycles. The maximum atomic E-state index is 11.2. The van der Waals surface area contributed by atoms with Crippen molar-refractivity contribution in [2.24, 2.45) is 0 Å². The molecular weight excluding hydrogens is 225 g/mol. The SMILES string of the molecule is CN(C)C(=O)Oc1cccc(Cl)c1Cl. The zero-order chi connectivity index (χ0) is 10.7. The van der Waals surface area contributed by atoms with Crippen LogP contribution in [0.2, 0.25) is 10.0 Å². The molecule has 3 nitrogen and oxygen atoms in total. The molecule has 0 spiro atoms. The van der Waals surface area contributed by atoms with E-state index < -0.39 is 6.09 Å². The quantitative estimate of drug-likeness (QED) is 0.747. The molecule has 0 aliphatic heterocycles. The molecule has 0 saturated heterocycles. The third kappa shape index (κ3) is 2.53. The summed E-state index contributed by atoms with van der Waals surface area (Å²) in [7, 11) is 3.17. The lowest BCUT2D eigenvalue weighted by molar-refractivity contribution is 0.172. The molecule has 0 aromatic heterocycles. The molecule has 0 unspecified atom stereocenters. The van der Waals surface area contributed by atoms with Crippen molar-refractivity contribution < 1.29 is 9.53 Å². The summed E-state index contributed by atoms with van der Waals surface area (Å²) in [4.78, 5) is 12.5.